The van der Waals surface area contributed by atoms with Gasteiger partial charge in [0.2, 0.25) is 5.12 Å². The molecule has 0 saturated heterocycles. The van der Waals surface area contributed by atoms with E-state index in [-0.39, 0.29) is 16.3 Å². The van der Waals surface area contributed by atoms with Crippen molar-refractivity contribution in [3.05, 3.63) is 72.2 Å². The molecule has 0 aliphatic heterocycles. The van der Waals surface area contributed by atoms with Gasteiger partial charge in [-0.15, -0.1) is 6.58 Å². The Morgan fingerprint density at radius 1 is 1.23 bits per heavy atom. The highest BCUT2D eigenvalue weighted by molar-refractivity contribution is 8.13. The molecule has 4 nitrogen and oxygen atoms in total. The summed E-state index contributed by atoms with van der Waals surface area (Å²) in [6.07, 6.45) is 3.43. The second-order valence-corrected chi connectivity index (χ2v) is 8.06. The highest BCUT2D eigenvalue weighted by atomic mass is 32.2. The van der Waals surface area contributed by atoms with E-state index in [0.717, 1.165) is 5.56 Å². The topological polar surface area (TPSA) is 59.3 Å². The predicted octanol–water partition coefficient (Wildman–Crippen LogP) is 4.71. The van der Waals surface area contributed by atoms with Crippen molar-refractivity contribution in [3.8, 4) is 0 Å². The van der Waals surface area contributed by atoms with E-state index in [1.807, 2.05) is 12.1 Å². The second-order valence-electron chi connectivity index (χ2n) is 7.08. The minimum Gasteiger partial charge on any atom is -0.459 e. The zero-order valence-corrected chi connectivity index (χ0v) is 16.3. The van der Waals surface area contributed by atoms with Crippen molar-refractivity contribution in [1.82, 2.24) is 5.32 Å². The van der Waals surface area contributed by atoms with Gasteiger partial charge in [0.25, 0.3) is 5.91 Å². The lowest BCUT2D eigenvalue weighted by Gasteiger charge is -2.19. The van der Waals surface area contributed by atoms with Gasteiger partial charge in [-0.25, -0.2) is 0 Å². The van der Waals surface area contributed by atoms with Gasteiger partial charge in [-0.3, -0.25) is 9.59 Å². The molecule has 0 radical (unpaired) electrons. The summed E-state index contributed by atoms with van der Waals surface area (Å²) in [5, 5.41) is 2.62. The second kappa shape index (κ2) is 8.90. The van der Waals surface area contributed by atoms with Crippen LogP contribution in [0.3, 0.4) is 0 Å². The smallest absolute Gasteiger partial charge is 0.287 e. The lowest BCUT2D eigenvalue weighted by molar-refractivity contribution is -0.112. The first-order valence-corrected chi connectivity index (χ1v) is 9.51. The molecule has 0 aliphatic carbocycles. The summed E-state index contributed by atoms with van der Waals surface area (Å²) in [4.78, 5) is 24.6. The van der Waals surface area contributed by atoms with Gasteiger partial charge in [0, 0.05) is 5.75 Å². The van der Waals surface area contributed by atoms with Crippen LogP contribution in [0.1, 0.15) is 48.9 Å². The van der Waals surface area contributed by atoms with Crippen molar-refractivity contribution < 1.29 is 14.0 Å². The molecule has 2 aromatic rings. The molecule has 1 aromatic heterocycles. The van der Waals surface area contributed by atoms with Crippen molar-refractivity contribution in [1.29, 1.82) is 0 Å². The van der Waals surface area contributed by atoms with E-state index in [2.05, 4.69) is 44.8 Å². The number of hydrogen-bond donors (Lipinski definition) is 1. The molecule has 0 bridgehead atoms. The molecule has 2 rings (SSSR count). The van der Waals surface area contributed by atoms with Crippen molar-refractivity contribution in [2.75, 3.05) is 0 Å². The van der Waals surface area contributed by atoms with Crippen molar-refractivity contribution in [3.63, 3.8) is 0 Å². The maximum Gasteiger partial charge on any atom is 0.287 e. The predicted molar refractivity (Wildman–Crippen MR) is 106 cm³/mol. The molecule has 1 amide bonds. The normalized spacial score (nSPS) is 12.4. The zero-order valence-electron chi connectivity index (χ0n) is 15.5. The van der Waals surface area contributed by atoms with Crippen LogP contribution in [0.2, 0.25) is 0 Å². The summed E-state index contributed by atoms with van der Waals surface area (Å²) < 4.78 is 5.07. The Morgan fingerprint density at radius 2 is 1.92 bits per heavy atom. The molecular formula is C21H25NO3S. The number of benzene rings is 1. The lowest BCUT2D eigenvalue weighted by Crippen LogP contribution is -2.39. The van der Waals surface area contributed by atoms with Crippen LogP contribution in [-0.4, -0.2) is 17.1 Å². The molecular weight excluding hydrogens is 346 g/mol. The first-order valence-electron chi connectivity index (χ1n) is 8.52. The Morgan fingerprint density at radius 3 is 2.46 bits per heavy atom. The standard InChI is InChI=1S/C21H25NO3S/c1-5-7-17(22-19(23)18-8-6-13-25-18)20(24)26-14-15-9-11-16(12-10-15)21(2,3)4/h5-6,8-13,17H,1,7,14H2,2-4H3,(H,22,23)/t17-/m1/s1. The summed E-state index contributed by atoms with van der Waals surface area (Å²) >= 11 is 1.20. The van der Waals surface area contributed by atoms with Crippen LogP contribution in [0.5, 0.6) is 0 Å². The van der Waals surface area contributed by atoms with E-state index in [1.54, 1.807) is 18.2 Å². The average Bonchev–Trinajstić information content (AvgIpc) is 3.13. The van der Waals surface area contributed by atoms with Gasteiger partial charge in [-0.1, -0.05) is 62.9 Å². The number of amides is 1. The largest absolute Gasteiger partial charge is 0.459 e. The zero-order chi connectivity index (χ0) is 19.2. The SMILES string of the molecule is C=CC[C@@H](NC(=O)c1ccco1)C(=O)SCc1ccc(C(C)(C)C)cc1. The van der Waals surface area contributed by atoms with Crippen LogP contribution >= 0.6 is 11.8 Å². The van der Waals surface area contributed by atoms with Gasteiger partial charge >= 0.3 is 0 Å². The van der Waals surface area contributed by atoms with Crippen molar-refractivity contribution in [2.24, 2.45) is 0 Å². The molecule has 0 spiro atoms. The summed E-state index contributed by atoms with van der Waals surface area (Å²) in [5.41, 5.74) is 2.44. The highest BCUT2D eigenvalue weighted by Crippen LogP contribution is 2.24. The summed E-state index contributed by atoms with van der Waals surface area (Å²) in [6.45, 7) is 10.2. The third kappa shape index (κ3) is 5.63. The Balaban J connectivity index is 1.94. The fraction of sp³-hybridized carbons (Fsp3) is 0.333. The van der Waals surface area contributed by atoms with Gasteiger partial charge in [0.05, 0.1) is 6.26 Å². The van der Waals surface area contributed by atoms with Crippen LogP contribution in [0.15, 0.2) is 59.7 Å². The molecule has 0 unspecified atom stereocenters. The van der Waals surface area contributed by atoms with Crippen LogP contribution < -0.4 is 5.32 Å². The van der Waals surface area contributed by atoms with Crippen LogP contribution in [0.4, 0.5) is 0 Å². The maximum absolute atomic E-state index is 12.5. The fourth-order valence-corrected chi connectivity index (χ4v) is 3.23. The first kappa shape index (κ1) is 20.0. The highest BCUT2D eigenvalue weighted by Gasteiger charge is 2.22. The first-order chi connectivity index (χ1) is 12.3. The molecule has 0 saturated carbocycles. The van der Waals surface area contributed by atoms with Crippen LogP contribution in [0, 0.1) is 0 Å². The number of nitrogens with one attached hydrogen (secondary N) is 1. The van der Waals surface area contributed by atoms with Gasteiger partial charge in [0.15, 0.2) is 5.76 Å². The third-order valence-electron chi connectivity index (χ3n) is 3.94. The van der Waals surface area contributed by atoms with Crippen molar-refractivity contribution in [2.45, 2.75) is 44.4 Å². The molecule has 1 N–H and O–H groups in total. The molecule has 1 aromatic carbocycles. The molecule has 1 atom stereocenters. The summed E-state index contributed by atoms with van der Waals surface area (Å²) in [5.74, 6) is 0.355. The molecule has 26 heavy (non-hydrogen) atoms. The summed E-state index contributed by atoms with van der Waals surface area (Å²) in [7, 11) is 0. The van der Waals surface area contributed by atoms with Crippen LogP contribution in [0.25, 0.3) is 0 Å². The lowest BCUT2D eigenvalue weighted by atomic mass is 9.87. The van der Waals surface area contributed by atoms with E-state index in [9.17, 15) is 9.59 Å². The Labute approximate surface area is 159 Å². The minimum atomic E-state index is -0.621. The van der Waals surface area contributed by atoms with E-state index < -0.39 is 11.9 Å². The Kier molecular flexibility index (Phi) is 6.86. The Bertz CT molecular complexity index is 743. The third-order valence-corrected chi connectivity index (χ3v) is 4.98. The summed E-state index contributed by atoms with van der Waals surface area (Å²) in [6, 6.07) is 10.9. The molecule has 138 valence electrons. The maximum atomic E-state index is 12.5. The van der Waals surface area contributed by atoms with E-state index in [1.165, 1.54) is 23.6 Å². The van der Waals surface area contributed by atoms with Gasteiger partial charge < -0.3 is 9.73 Å². The van der Waals surface area contributed by atoms with E-state index in [4.69, 9.17) is 4.42 Å². The molecule has 5 heteroatoms. The number of hydrogen-bond acceptors (Lipinski definition) is 4. The molecule has 1 heterocycles. The monoisotopic (exact) mass is 371 g/mol. The molecule has 0 aliphatic rings. The van der Waals surface area contributed by atoms with Crippen LogP contribution in [-0.2, 0) is 16.0 Å². The minimum absolute atomic E-state index is 0.0929. The van der Waals surface area contributed by atoms with Gasteiger partial charge in [-0.2, -0.15) is 0 Å². The van der Waals surface area contributed by atoms with E-state index in [0.29, 0.717) is 12.2 Å². The quantitative estimate of drug-likeness (QED) is 0.716. The van der Waals surface area contributed by atoms with Gasteiger partial charge in [0.1, 0.15) is 6.04 Å². The molecule has 0 fully saturated rings. The fourth-order valence-electron chi connectivity index (χ4n) is 2.37. The number of furan rings is 1. The number of carbonyl (C=O) groups excluding carboxylic acids is 2. The van der Waals surface area contributed by atoms with E-state index >= 15 is 0 Å². The van der Waals surface area contributed by atoms with Gasteiger partial charge in [-0.05, 0) is 35.1 Å². The van der Waals surface area contributed by atoms with Crippen molar-refractivity contribution >= 4 is 22.8 Å². The number of carbonyl (C=O) groups is 2. The number of rotatable bonds is 7. The number of thioether (sulfide) groups is 1. The average molecular weight is 372 g/mol. The Hall–Kier alpha value is -2.27.